The fourth-order valence-corrected chi connectivity index (χ4v) is 2.53. The van der Waals surface area contributed by atoms with Crippen LogP contribution in [0.25, 0.3) is 0 Å². The zero-order valence-electron chi connectivity index (χ0n) is 11.8. The van der Waals surface area contributed by atoms with Crippen molar-refractivity contribution in [3.8, 4) is 0 Å². The van der Waals surface area contributed by atoms with Gasteiger partial charge in [-0.05, 0) is 31.5 Å². The van der Waals surface area contributed by atoms with Crippen molar-refractivity contribution in [3.63, 3.8) is 0 Å². The van der Waals surface area contributed by atoms with Gasteiger partial charge in [-0.1, -0.05) is 19.4 Å². The van der Waals surface area contributed by atoms with Crippen molar-refractivity contribution >= 4 is 21.4 Å². The molecule has 0 aliphatic carbocycles. The van der Waals surface area contributed by atoms with E-state index in [1.54, 1.807) is 6.92 Å². The molecule has 5 nitrogen and oxygen atoms in total. The number of hydrogen-bond donors (Lipinski definition) is 2. The molecule has 1 aromatic carbocycles. The highest BCUT2D eigenvalue weighted by Crippen LogP contribution is 2.22. The highest BCUT2D eigenvalue weighted by atomic mass is 32.2. The fourth-order valence-electron chi connectivity index (χ4n) is 1.76. The minimum Gasteiger partial charge on any atom is -0.324 e. The number of carbonyl (C=O) groups excluding carboxylic acids is 1. The summed E-state index contributed by atoms with van der Waals surface area (Å²) in [6.07, 6.45) is 1.13. The Morgan fingerprint density at radius 3 is 2.57 bits per heavy atom. The summed E-state index contributed by atoms with van der Waals surface area (Å²) < 4.78 is 47.7. The van der Waals surface area contributed by atoms with Crippen LogP contribution in [0.5, 0.6) is 0 Å². The highest BCUT2D eigenvalue weighted by molar-refractivity contribution is 7.91. The monoisotopic (exact) mass is 320 g/mol. The molecule has 0 heterocycles. The maximum absolute atomic E-state index is 12.5. The smallest absolute Gasteiger partial charge is 0.324 e. The first-order valence-corrected chi connectivity index (χ1v) is 7.88. The molecule has 118 valence electrons. The van der Waals surface area contributed by atoms with E-state index in [1.165, 1.54) is 12.1 Å². The molecule has 0 bridgehead atoms. The summed E-state index contributed by atoms with van der Waals surface area (Å²) in [5.74, 6) is -4.01. The van der Waals surface area contributed by atoms with Gasteiger partial charge in [-0.25, -0.2) is 8.42 Å². The maximum Gasteiger partial charge on any atom is 0.341 e. The second-order valence-corrected chi connectivity index (χ2v) is 6.87. The summed E-state index contributed by atoms with van der Waals surface area (Å²) in [5.41, 5.74) is 4.83. The third-order valence-electron chi connectivity index (χ3n) is 2.94. The van der Waals surface area contributed by atoms with Gasteiger partial charge in [0.2, 0.25) is 15.7 Å². The number of rotatable bonds is 6. The van der Waals surface area contributed by atoms with Gasteiger partial charge in [0, 0.05) is 5.69 Å². The van der Waals surface area contributed by atoms with Crippen LogP contribution in [0, 0.1) is 0 Å². The normalized spacial score (nSPS) is 14.8. The molecule has 1 atom stereocenters. The Labute approximate surface area is 122 Å². The third kappa shape index (κ3) is 4.21. The standard InChI is InChI=1S/C13H18F2N2O3S/c1-3-7-13(2,16)11(18)17-9-5-4-6-10(8-9)21(19,20)12(14)15/h4-6,8,12H,3,7,16H2,1-2H3,(H,17,18). The number of amides is 1. The summed E-state index contributed by atoms with van der Waals surface area (Å²) in [6, 6.07) is 4.72. The minimum absolute atomic E-state index is 0.106. The van der Waals surface area contributed by atoms with Crippen molar-refractivity contribution in [1.29, 1.82) is 0 Å². The lowest BCUT2D eigenvalue weighted by atomic mass is 9.96. The topological polar surface area (TPSA) is 89.3 Å². The number of carbonyl (C=O) groups is 1. The Kier molecular flexibility index (Phi) is 5.41. The molecule has 1 aromatic rings. The van der Waals surface area contributed by atoms with Crippen LogP contribution in [-0.2, 0) is 14.6 Å². The summed E-state index contributed by atoms with van der Waals surface area (Å²) in [6.45, 7) is 3.42. The Bertz CT molecular complexity index is 616. The van der Waals surface area contributed by atoms with E-state index in [-0.39, 0.29) is 5.69 Å². The number of anilines is 1. The van der Waals surface area contributed by atoms with Gasteiger partial charge in [-0.3, -0.25) is 4.79 Å². The van der Waals surface area contributed by atoms with E-state index in [0.717, 1.165) is 12.1 Å². The highest BCUT2D eigenvalue weighted by Gasteiger charge is 2.29. The second kappa shape index (κ2) is 6.48. The molecule has 8 heteroatoms. The average molecular weight is 320 g/mol. The van der Waals surface area contributed by atoms with Crippen molar-refractivity contribution in [1.82, 2.24) is 0 Å². The lowest BCUT2D eigenvalue weighted by Crippen LogP contribution is -2.48. The van der Waals surface area contributed by atoms with Crippen molar-refractivity contribution in [3.05, 3.63) is 24.3 Å². The largest absolute Gasteiger partial charge is 0.341 e. The molecular weight excluding hydrogens is 302 g/mol. The molecule has 0 fully saturated rings. The van der Waals surface area contributed by atoms with Crippen LogP contribution in [0.15, 0.2) is 29.2 Å². The molecule has 1 amide bonds. The average Bonchev–Trinajstić information content (AvgIpc) is 2.38. The van der Waals surface area contributed by atoms with E-state index in [9.17, 15) is 22.0 Å². The first kappa shape index (κ1) is 17.5. The van der Waals surface area contributed by atoms with Crippen LogP contribution in [0.1, 0.15) is 26.7 Å². The molecule has 0 saturated carbocycles. The van der Waals surface area contributed by atoms with Crippen molar-refractivity contribution in [2.45, 2.75) is 42.9 Å². The van der Waals surface area contributed by atoms with Crippen molar-refractivity contribution in [2.24, 2.45) is 5.73 Å². The van der Waals surface area contributed by atoms with Gasteiger partial charge in [-0.2, -0.15) is 8.78 Å². The molecule has 3 N–H and O–H groups in total. The number of halogens is 2. The van der Waals surface area contributed by atoms with Gasteiger partial charge >= 0.3 is 5.76 Å². The van der Waals surface area contributed by atoms with Gasteiger partial charge in [0.1, 0.15) is 0 Å². The summed E-state index contributed by atoms with van der Waals surface area (Å²) in [4.78, 5) is 11.4. The Morgan fingerprint density at radius 2 is 2.05 bits per heavy atom. The first-order valence-electron chi connectivity index (χ1n) is 6.33. The van der Waals surface area contributed by atoms with Gasteiger partial charge in [-0.15, -0.1) is 0 Å². The number of sulfone groups is 1. The van der Waals surface area contributed by atoms with Gasteiger partial charge in [0.25, 0.3) is 0 Å². The number of nitrogens with one attached hydrogen (secondary N) is 1. The molecule has 0 saturated heterocycles. The van der Waals surface area contributed by atoms with Crippen molar-refractivity contribution in [2.75, 3.05) is 5.32 Å². The zero-order valence-corrected chi connectivity index (χ0v) is 12.6. The van der Waals surface area contributed by atoms with Gasteiger partial charge in [0.05, 0.1) is 10.4 Å². The lowest BCUT2D eigenvalue weighted by Gasteiger charge is -2.23. The Balaban J connectivity index is 3.00. The predicted octanol–water partition coefficient (Wildman–Crippen LogP) is 2.14. The fraction of sp³-hybridized carbons (Fsp3) is 0.462. The number of hydrogen-bond acceptors (Lipinski definition) is 4. The number of benzene rings is 1. The van der Waals surface area contributed by atoms with Crippen molar-refractivity contribution < 1.29 is 22.0 Å². The Hall–Kier alpha value is -1.54. The zero-order chi connectivity index (χ0) is 16.3. The molecule has 0 aliphatic rings. The molecule has 0 aliphatic heterocycles. The van der Waals surface area contributed by atoms with Gasteiger partial charge < -0.3 is 11.1 Å². The van der Waals surface area contributed by atoms with Gasteiger partial charge in [0.15, 0.2) is 0 Å². The third-order valence-corrected chi connectivity index (χ3v) is 4.32. The lowest BCUT2D eigenvalue weighted by molar-refractivity contribution is -0.120. The Morgan fingerprint density at radius 1 is 1.43 bits per heavy atom. The molecule has 0 spiro atoms. The maximum atomic E-state index is 12.5. The summed E-state index contributed by atoms with van der Waals surface area (Å²) >= 11 is 0. The van der Waals surface area contributed by atoms with E-state index < -0.39 is 31.9 Å². The number of alkyl halides is 2. The van der Waals surface area contributed by atoms with Crippen LogP contribution in [0.2, 0.25) is 0 Å². The van der Waals surface area contributed by atoms with E-state index >= 15 is 0 Å². The summed E-state index contributed by atoms with van der Waals surface area (Å²) in [7, 11) is -4.70. The van der Waals surface area contributed by atoms with E-state index in [0.29, 0.717) is 12.8 Å². The van der Waals surface area contributed by atoms with E-state index in [4.69, 9.17) is 5.73 Å². The minimum atomic E-state index is -4.70. The van der Waals surface area contributed by atoms with Crippen LogP contribution in [-0.4, -0.2) is 25.6 Å². The molecule has 1 rings (SSSR count). The molecule has 21 heavy (non-hydrogen) atoms. The molecule has 1 unspecified atom stereocenters. The van der Waals surface area contributed by atoms with E-state index in [2.05, 4.69) is 5.32 Å². The quantitative estimate of drug-likeness (QED) is 0.840. The van der Waals surface area contributed by atoms with Crippen LogP contribution >= 0.6 is 0 Å². The molecular formula is C13H18F2N2O3S. The van der Waals surface area contributed by atoms with E-state index in [1.807, 2.05) is 6.92 Å². The van der Waals surface area contributed by atoms with Crippen LogP contribution in [0.4, 0.5) is 14.5 Å². The predicted molar refractivity (Wildman–Crippen MR) is 75.8 cm³/mol. The SMILES string of the molecule is CCCC(C)(N)C(=O)Nc1cccc(S(=O)(=O)C(F)F)c1. The van der Waals surface area contributed by atoms with Crippen LogP contribution in [0.3, 0.4) is 0 Å². The number of nitrogens with two attached hydrogens (primary N) is 1. The second-order valence-electron chi connectivity index (χ2n) is 4.96. The molecule has 0 aromatic heterocycles. The summed E-state index contributed by atoms with van der Waals surface area (Å²) in [5, 5.41) is 2.45. The van der Waals surface area contributed by atoms with Crippen LogP contribution < -0.4 is 11.1 Å². The molecule has 0 radical (unpaired) electrons. The first-order chi connectivity index (χ1) is 9.61.